The summed E-state index contributed by atoms with van der Waals surface area (Å²) in [6, 6.07) is 8.61. The Bertz CT molecular complexity index is 611. The van der Waals surface area contributed by atoms with Crippen LogP contribution in [-0.2, 0) is 9.84 Å². The van der Waals surface area contributed by atoms with Crippen LogP contribution in [0.5, 0.6) is 0 Å². The van der Waals surface area contributed by atoms with Gasteiger partial charge in [0, 0.05) is 9.62 Å². The number of nitrogens with zero attached hydrogens (tertiary/aromatic N) is 1. The summed E-state index contributed by atoms with van der Waals surface area (Å²) in [7, 11) is -3.80. The maximum absolute atomic E-state index is 11.6. The lowest BCUT2D eigenvalue weighted by Gasteiger charge is -1.93. The van der Waals surface area contributed by atoms with Crippen LogP contribution in [0.4, 0.5) is 0 Å². The van der Waals surface area contributed by atoms with E-state index in [0.29, 0.717) is 0 Å². The van der Waals surface area contributed by atoms with Gasteiger partial charge in [0.15, 0.2) is 0 Å². The van der Waals surface area contributed by atoms with Crippen molar-refractivity contribution in [2.24, 2.45) is 0 Å². The Balaban J connectivity index is 2.52. The second kappa shape index (κ2) is 3.84. The summed E-state index contributed by atoms with van der Waals surface area (Å²) in [5.41, 5.74) is 0. The lowest BCUT2D eigenvalue weighted by molar-refractivity contribution is -0.458. The molecule has 1 aromatic carbocycles. The third-order valence-electron chi connectivity index (χ3n) is 1.98. The maximum atomic E-state index is 11.6. The van der Waals surface area contributed by atoms with Crippen LogP contribution in [0.1, 0.15) is 0 Å². The molecule has 0 fully saturated rings. The van der Waals surface area contributed by atoms with E-state index >= 15 is 0 Å². The maximum Gasteiger partial charge on any atom is 0.306 e. The van der Waals surface area contributed by atoms with E-state index in [9.17, 15) is 18.5 Å². The van der Waals surface area contributed by atoms with E-state index in [4.69, 9.17) is 0 Å². The molecule has 0 spiro atoms. The SMILES string of the molecule is O=[N+]([O-])CS(=O)(=O)c1cc2ccccc2s1. The summed E-state index contributed by atoms with van der Waals surface area (Å²) < 4.78 is 24.0. The van der Waals surface area contributed by atoms with Crippen molar-refractivity contribution in [2.45, 2.75) is 4.21 Å². The van der Waals surface area contributed by atoms with Crippen LogP contribution in [0.25, 0.3) is 10.1 Å². The fourth-order valence-corrected chi connectivity index (χ4v) is 3.75. The number of hydrogen-bond acceptors (Lipinski definition) is 5. The number of sulfone groups is 1. The molecule has 0 radical (unpaired) electrons. The number of benzene rings is 1. The smallest absolute Gasteiger partial charge is 0.263 e. The summed E-state index contributed by atoms with van der Waals surface area (Å²) in [4.78, 5) is 9.40. The Morgan fingerprint density at radius 3 is 2.62 bits per heavy atom. The lowest BCUT2D eigenvalue weighted by Crippen LogP contribution is -2.13. The first kappa shape index (κ1) is 11.0. The van der Waals surface area contributed by atoms with Crippen molar-refractivity contribution < 1.29 is 13.3 Å². The molecule has 0 unspecified atom stereocenters. The third-order valence-corrected chi connectivity index (χ3v) is 5.19. The zero-order chi connectivity index (χ0) is 11.8. The highest BCUT2D eigenvalue weighted by atomic mass is 32.2. The Kier molecular flexibility index (Phi) is 2.64. The van der Waals surface area contributed by atoms with E-state index in [-0.39, 0.29) is 4.21 Å². The van der Waals surface area contributed by atoms with Gasteiger partial charge in [-0.25, -0.2) is 8.42 Å². The van der Waals surface area contributed by atoms with E-state index in [1.165, 1.54) is 6.07 Å². The van der Waals surface area contributed by atoms with E-state index in [1.807, 2.05) is 0 Å². The van der Waals surface area contributed by atoms with Gasteiger partial charge in [-0.2, -0.15) is 0 Å². The molecule has 0 aliphatic rings. The van der Waals surface area contributed by atoms with Crippen LogP contribution < -0.4 is 0 Å². The molecule has 0 aliphatic heterocycles. The molecule has 1 aromatic heterocycles. The highest BCUT2D eigenvalue weighted by Gasteiger charge is 2.23. The molecule has 1 heterocycles. The van der Waals surface area contributed by atoms with Gasteiger partial charge in [0.05, 0.1) is 0 Å². The molecule has 84 valence electrons. The molecule has 0 atom stereocenters. The standard InChI is InChI=1S/C9H7NO4S2/c11-10(12)6-16(13,14)9-5-7-3-1-2-4-8(7)15-9/h1-5H,6H2. The van der Waals surface area contributed by atoms with Gasteiger partial charge in [-0.15, -0.1) is 11.3 Å². The van der Waals surface area contributed by atoms with Gasteiger partial charge in [-0.05, 0) is 17.5 Å². The Hall–Kier alpha value is -1.47. The van der Waals surface area contributed by atoms with Crippen molar-refractivity contribution in [3.8, 4) is 0 Å². The first-order chi connectivity index (χ1) is 7.49. The van der Waals surface area contributed by atoms with Gasteiger partial charge in [-0.1, -0.05) is 18.2 Å². The second-order valence-corrected chi connectivity index (χ2v) is 6.45. The van der Waals surface area contributed by atoms with Gasteiger partial charge in [0.2, 0.25) is 0 Å². The monoisotopic (exact) mass is 257 g/mol. The number of hydrogen-bond donors (Lipinski definition) is 0. The van der Waals surface area contributed by atoms with Crippen LogP contribution in [-0.4, -0.2) is 19.2 Å². The quantitative estimate of drug-likeness (QED) is 0.621. The molecule has 2 rings (SSSR count). The largest absolute Gasteiger partial charge is 0.306 e. The number of rotatable bonds is 3. The highest BCUT2D eigenvalue weighted by molar-refractivity contribution is 7.93. The molecule has 0 saturated carbocycles. The van der Waals surface area contributed by atoms with Crippen molar-refractivity contribution in [2.75, 3.05) is 5.88 Å². The summed E-state index contributed by atoms with van der Waals surface area (Å²) in [6.45, 7) is 0. The predicted octanol–water partition coefficient (Wildman–Crippen LogP) is 1.91. The fourth-order valence-electron chi connectivity index (χ4n) is 1.31. The van der Waals surface area contributed by atoms with Crippen LogP contribution in [0.2, 0.25) is 0 Å². The zero-order valence-electron chi connectivity index (χ0n) is 7.99. The van der Waals surface area contributed by atoms with Gasteiger partial charge >= 0.3 is 5.88 Å². The minimum atomic E-state index is -3.80. The highest BCUT2D eigenvalue weighted by Crippen LogP contribution is 2.29. The van der Waals surface area contributed by atoms with E-state index < -0.39 is 20.6 Å². The summed E-state index contributed by atoms with van der Waals surface area (Å²) in [5, 5.41) is 11.0. The normalized spacial score (nSPS) is 11.8. The van der Waals surface area contributed by atoms with Gasteiger partial charge in [-0.3, -0.25) is 10.1 Å². The molecule has 5 nitrogen and oxygen atoms in total. The summed E-state index contributed by atoms with van der Waals surface area (Å²) in [5.74, 6) is -1.06. The molecular weight excluding hydrogens is 250 g/mol. The van der Waals surface area contributed by atoms with Crippen LogP contribution >= 0.6 is 11.3 Å². The third kappa shape index (κ3) is 2.05. The zero-order valence-corrected chi connectivity index (χ0v) is 9.62. The van der Waals surface area contributed by atoms with E-state index in [2.05, 4.69) is 0 Å². The molecule has 0 aliphatic carbocycles. The molecular formula is C9H7NO4S2. The summed E-state index contributed by atoms with van der Waals surface area (Å²) in [6.07, 6.45) is 0. The van der Waals surface area contributed by atoms with Crippen LogP contribution in [0.3, 0.4) is 0 Å². The molecule has 7 heteroatoms. The average molecular weight is 257 g/mol. The Morgan fingerprint density at radius 1 is 1.31 bits per heavy atom. The van der Waals surface area contributed by atoms with E-state index in [0.717, 1.165) is 21.4 Å². The number of nitro groups is 1. The van der Waals surface area contributed by atoms with E-state index in [1.54, 1.807) is 24.3 Å². The molecule has 0 bridgehead atoms. The van der Waals surface area contributed by atoms with Crippen LogP contribution in [0, 0.1) is 10.1 Å². The molecule has 16 heavy (non-hydrogen) atoms. The summed E-state index contributed by atoms with van der Waals surface area (Å²) >= 11 is 1.05. The van der Waals surface area contributed by atoms with Crippen molar-refractivity contribution in [3.05, 3.63) is 40.4 Å². The van der Waals surface area contributed by atoms with Crippen LogP contribution in [0.15, 0.2) is 34.5 Å². The van der Waals surface area contributed by atoms with Crippen molar-refractivity contribution in [1.29, 1.82) is 0 Å². The van der Waals surface area contributed by atoms with Gasteiger partial charge < -0.3 is 0 Å². The van der Waals surface area contributed by atoms with Crippen molar-refractivity contribution >= 4 is 31.3 Å². The van der Waals surface area contributed by atoms with Gasteiger partial charge in [0.1, 0.15) is 4.21 Å². The molecule has 0 saturated heterocycles. The second-order valence-electron chi connectivity index (χ2n) is 3.18. The minimum Gasteiger partial charge on any atom is -0.263 e. The Morgan fingerprint density at radius 2 is 2.00 bits per heavy atom. The van der Waals surface area contributed by atoms with Gasteiger partial charge in [0.25, 0.3) is 9.84 Å². The fraction of sp³-hybridized carbons (Fsp3) is 0.111. The minimum absolute atomic E-state index is 0.0467. The molecule has 0 amide bonds. The number of thiophene rings is 1. The Labute approximate surface area is 95.4 Å². The lowest BCUT2D eigenvalue weighted by atomic mass is 10.3. The number of fused-ring (bicyclic) bond motifs is 1. The van der Waals surface area contributed by atoms with Crippen molar-refractivity contribution in [3.63, 3.8) is 0 Å². The molecule has 0 N–H and O–H groups in total. The predicted molar refractivity (Wildman–Crippen MR) is 60.9 cm³/mol. The topological polar surface area (TPSA) is 77.3 Å². The first-order valence-corrected chi connectivity index (χ1v) is 6.79. The molecule has 2 aromatic rings. The first-order valence-electron chi connectivity index (χ1n) is 4.32. The van der Waals surface area contributed by atoms with Crippen molar-refractivity contribution in [1.82, 2.24) is 0 Å². The average Bonchev–Trinajstić information content (AvgIpc) is 2.59.